The van der Waals surface area contributed by atoms with E-state index in [2.05, 4.69) is 5.32 Å². The van der Waals surface area contributed by atoms with Gasteiger partial charge in [0.25, 0.3) is 0 Å². The second-order valence-electron chi connectivity index (χ2n) is 5.55. The van der Waals surface area contributed by atoms with Crippen LogP contribution in [0.1, 0.15) is 24.0 Å². The maximum Gasteiger partial charge on any atom is 0.227 e. The molecule has 0 saturated heterocycles. The molecule has 3 rings (SSSR count). The van der Waals surface area contributed by atoms with E-state index in [4.69, 9.17) is 9.84 Å². The molecule has 2 aromatic carbocycles. The zero-order valence-corrected chi connectivity index (χ0v) is 12.3. The minimum absolute atomic E-state index is 0.0508. The predicted molar refractivity (Wildman–Crippen MR) is 84.5 cm³/mol. The molecule has 0 unspecified atom stereocenters. The van der Waals surface area contributed by atoms with Crippen LogP contribution in [-0.4, -0.2) is 11.0 Å². The van der Waals surface area contributed by atoms with Gasteiger partial charge in [-0.05, 0) is 48.2 Å². The molecule has 1 aliphatic rings. The Hall–Kier alpha value is -2.33. The average molecular weight is 297 g/mol. The molecule has 1 aliphatic carbocycles. The number of anilines is 1. The highest BCUT2D eigenvalue weighted by molar-refractivity contribution is 5.94. The number of carbonyl (C=O) groups is 1. The van der Waals surface area contributed by atoms with Crippen molar-refractivity contribution in [3.8, 4) is 5.75 Å². The molecule has 0 aromatic heterocycles. The summed E-state index contributed by atoms with van der Waals surface area (Å²) in [5, 5.41) is 11.9. The lowest BCUT2D eigenvalue weighted by atomic mass is 10.1. The normalized spacial score (nSPS) is 13.7. The first kappa shape index (κ1) is 14.6. The minimum Gasteiger partial charge on any atom is -0.489 e. The topological polar surface area (TPSA) is 58.6 Å². The van der Waals surface area contributed by atoms with Gasteiger partial charge in [-0.2, -0.15) is 0 Å². The van der Waals surface area contributed by atoms with Crippen molar-refractivity contribution in [2.45, 2.75) is 26.1 Å². The lowest BCUT2D eigenvalue weighted by Crippen LogP contribution is -2.13. The van der Waals surface area contributed by atoms with Crippen molar-refractivity contribution in [2.24, 2.45) is 5.92 Å². The highest BCUT2D eigenvalue weighted by Gasteiger charge is 2.29. The Morgan fingerprint density at radius 1 is 1.05 bits per heavy atom. The molecule has 0 radical (unpaired) electrons. The van der Waals surface area contributed by atoms with Gasteiger partial charge in [0.1, 0.15) is 12.4 Å². The molecule has 1 fully saturated rings. The minimum atomic E-state index is 0.0508. The van der Waals surface area contributed by atoms with Crippen LogP contribution in [0.25, 0.3) is 0 Å². The van der Waals surface area contributed by atoms with E-state index < -0.39 is 0 Å². The van der Waals surface area contributed by atoms with Gasteiger partial charge < -0.3 is 15.2 Å². The van der Waals surface area contributed by atoms with Gasteiger partial charge in [0.2, 0.25) is 5.91 Å². The van der Waals surface area contributed by atoms with E-state index in [9.17, 15) is 4.79 Å². The van der Waals surface area contributed by atoms with E-state index in [1.807, 2.05) is 48.5 Å². The van der Waals surface area contributed by atoms with Crippen LogP contribution < -0.4 is 10.1 Å². The molecule has 1 amide bonds. The van der Waals surface area contributed by atoms with Gasteiger partial charge in [-0.3, -0.25) is 4.79 Å². The zero-order chi connectivity index (χ0) is 15.4. The third kappa shape index (κ3) is 3.86. The van der Waals surface area contributed by atoms with Crippen molar-refractivity contribution in [1.82, 2.24) is 0 Å². The second kappa shape index (κ2) is 6.62. The standard InChI is InChI=1S/C18H19NO3/c20-11-13-1-3-14(4-2-13)12-22-17-9-7-16(8-10-17)19-18(21)15-5-6-15/h1-4,7-10,15,20H,5-6,11-12H2,(H,19,21). The summed E-state index contributed by atoms with van der Waals surface area (Å²) < 4.78 is 5.71. The Morgan fingerprint density at radius 2 is 1.68 bits per heavy atom. The van der Waals surface area contributed by atoms with Crippen LogP contribution in [0.3, 0.4) is 0 Å². The van der Waals surface area contributed by atoms with E-state index in [-0.39, 0.29) is 18.4 Å². The van der Waals surface area contributed by atoms with Crippen molar-refractivity contribution in [1.29, 1.82) is 0 Å². The van der Waals surface area contributed by atoms with Crippen molar-refractivity contribution < 1.29 is 14.6 Å². The highest BCUT2D eigenvalue weighted by atomic mass is 16.5. The van der Waals surface area contributed by atoms with Gasteiger partial charge in [-0.15, -0.1) is 0 Å². The number of hydrogen-bond acceptors (Lipinski definition) is 3. The smallest absolute Gasteiger partial charge is 0.227 e. The molecule has 0 bridgehead atoms. The summed E-state index contributed by atoms with van der Waals surface area (Å²) in [6.45, 7) is 0.522. The number of carbonyl (C=O) groups excluding carboxylic acids is 1. The third-order valence-electron chi connectivity index (χ3n) is 3.68. The first-order valence-corrected chi connectivity index (χ1v) is 7.47. The van der Waals surface area contributed by atoms with Crippen LogP contribution in [-0.2, 0) is 18.0 Å². The highest BCUT2D eigenvalue weighted by Crippen LogP contribution is 2.30. The molecule has 0 atom stereocenters. The predicted octanol–water partition coefficient (Wildman–Crippen LogP) is 3.11. The van der Waals surface area contributed by atoms with Gasteiger partial charge in [-0.1, -0.05) is 24.3 Å². The third-order valence-corrected chi connectivity index (χ3v) is 3.68. The van der Waals surface area contributed by atoms with Crippen molar-refractivity contribution in [2.75, 3.05) is 5.32 Å². The molecule has 2 aromatic rings. The van der Waals surface area contributed by atoms with Crippen LogP contribution in [0.5, 0.6) is 5.75 Å². The molecule has 1 saturated carbocycles. The number of nitrogens with one attached hydrogen (secondary N) is 1. The number of ether oxygens (including phenoxy) is 1. The average Bonchev–Trinajstić information content (AvgIpc) is 3.40. The Bertz CT molecular complexity index is 630. The molecule has 114 valence electrons. The van der Waals surface area contributed by atoms with Crippen LogP contribution >= 0.6 is 0 Å². The first-order chi connectivity index (χ1) is 10.7. The number of rotatable bonds is 6. The van der Waals surface area contributed by atoms with Gasteiger partial charge in [0.05, 0.1) is 6.61 Å². The Balaban J connectivity index is 1.52. The molecule has 4 heteroatoms. The molecule has 0 spiro atoms. The van der Waals surface area contributed by atoms with E-state index in [0.717, 1.165) is 35.4 Å². The van der Waals surface area contributed by atoms with E-state index >= 15 is 0 Å². The van der Waals surface area contributed by atoms with Crippen LogP contribution in [0.15, 0.2) is 48.5 Å². The van der Waals surface area contributed by atoms with Gasteiger partial charge in [0, 0.05) is 11.6 Å². The summed E-state index contributed by atoms with van der Waals surface area (Å²) in [5.74, 6) is 1.08. The van der Waals surface area contributed by atoms with Crippen LogP contribution in [0.2, 0.25) is 0 Å². The summed E-state index contributed by atoms with van der Waals surface area (Å²) in [5.41, 5.74) is 2.74. The lowest BCUT2D eigenvalue weighted by Gasteiger charge is -2.08. The quantitative estimate of drug-likeness (QED) is 0.861. The summed E-state index contributed by atoms with van der Waals surface area (Å²) in [4.78, 5) is 11.7. The number of aliphatic hydroxyl groups excluding tert-OH is 1. The Labute approximate surface area is 129 Å². The SMILES string of the molecule is O=C(Nc1ccc(OCc2ccc(CO)cc2)cc1)C1CC1. The van der Waals surface area contributed by atoms with E-state index in [1.54, 1.807) is 0 Å². The monoisotopic (exact) mass is 297 g/mol. The number of benzene rings is 2. The molecule has 0 aliphatic heterocycles. The fourth-order valence-electron chi connectivity index (χ4n) is 2.13. The molecule has 4 nitrogen and oxygen atoms in total. The summed E-state index contributed by atoms with van der Waals surface area (Å²) in [6.07, 6.45) is 2.00. The number of amides is 1. The Morgan fingerprint density at radius 3 is 2.27 bits per heavy atom. The maximum atomic E-state index is 11.7. The van der Waals surface area contributed by atoms with Crippen LogP contribution in [0.4, 0.5) is 5.69 Å². The lowest BCUT2D eigenvalue weighted by molar-refractivity contribution is -0.117. The number of hydrogen-bond donors (Lipinski definition) is 2. The first-order valence-electron chi connectivity index (χ1n) is 7.47. The molecular weight excluding hydrogens is 278 g/mol. The second-order valence-corrected chi connectivity index (χ2v) is 5.55. The van der Waals surface area contributed by atoms with Crippen molar-refractivity contribution in [3.05, 3.63) is 59.7 Å². The van der Waals surface area contributed by atoms with E-state index in [1.165, 1.54) is 0 Å². The summed E-state index contributed by atoms with van der Waals surface area (Å²) >= 11 is 0. The van der Waals surface area contributed by atoms with Crippen LogP contribution in [0, 0.1) is 5.92 Å². The maximum absolute atomic E-state index is 11.7. The summed E-state index contributed by atoms with van der Waals surface area (Å²) in [7, 11) is 0. The van der Waals surface area contributed by atoms with Gasteiger partial charge in [-0.25, -0.2) is 0 Å². The van der Waals surface area contributed by atoms with Gasteiger partial charge in [0.15, 0.2) is 0 Å². The van der Waals surface area contributed by atoms with E-state index in [0.29, 0.717) is 6.61 Å². The molecule has 2 N–H and O–H groups in total. The molecular formula is C18H19NO3. The molecule has 0 heterocycles. The number of aliphatic hydroxyl groups is 1. The fourth-order valence-corrected chi connectivity index (χ4v) is 2.13. The largest absolute Gasteiger partial charge is 0.489 e. The molecule has 22 heavy (non-hydrogen) atoms. The Kier molecular flexibility index (Phi) is 4.39. The zero-order valence-electron chi connectivity index (χ0n) is 12.3. The van der Waals surface area contributed by atoms with Crippen molar-refractivity contribution >= 4 is 11.6 Å². The fraction of sp³-hybridized carbons (Fsp3) is 0.278. The van der Waals surface area contributed by atoms with Gasteiger partial charge >= 0.3 is 0 Å². The van der Waals surface area contributed by atoms with Crippen molar-refractivity contribution in [3.63, 3.8) is 0 Å². The summed E-state index contributed by atoms with van der Waals surface area (Å²) in [6, 6.07) is 15.1.